The molecule has 0 aromatic rings. The Hall–Kier alpha value is 0.976. The second-order valence-electron chi connectivity index (χ2n) is 2.17. The molecule has 2 nitrogen and oxygen atoms in total. The maximum Gasteiger partial charge on any atom is 2.00 e. The first-order valence-electron chi connectivity index (χ1n) is 3.31. The van der Waals surface area contributed by atoms with Crippen molar-refractivity contribution in [2.24, 2.45) is 0 Å². The van der Waals surface area contributed by atoms with E-state index in [4.69, 9.17) is 0 Å². The van der Waals surface area contributed by atoms with Crippen LogP contribution in [0.5, 0.6) is 0 Å². The first-order chi connectivity index (χ1) is 3.93. The van der Waals surface area contributed by atoms with E-state index in [1.165, 1.54) is 6.42 Å². The largest absolute Gasteiger partial charge is 2.00 e. The van der Waals surface area contributed by atoms with Gasteiger partial charge in [0, 0.05) is 0 Å². The van der Waals surface area contributed by atoms with Crippen molar-refractivity contribution in [3.05, 3.63) is 5.32 Å². The Morgan fingerprint density at radius 3 is 2.60 bits per heavy atom. The normalized spacial score (nSPS) is 24.3. The van der Waals surface area contributed by atoms with Crippen LogP contribution in [0.3, 0.4) is 0 Å². The topological polar surface area (TPSA) is 26.1 Å². The van der Waals surface area contributed by atoms with E-state index in [1.807, 2.05) is 0 Å². The minimum atomic E-state index is 0. The summed E-state index contributed by atoms with van der Waals surface area (Å²) in [5.41, 5.74) is 0. The maximum absolute atomic E-state index is 4.39. The Labute approximate surface area is 85.1 Å². The molecule has 56 valence electrons. The number of piperazine rings is 1. The van der Waals surface area contributed by atoms with Crippen molar-refractivity contribution in [1.82, 2.24) is 5.32 Å². The summed E-state index contributed by atoms with van der Waals surface area (Å²) in [5, 5.41) is 7.68. The van der Waals surface area contributed by atoms with Crippen LogP contribution in [0.25, 0.3) is 5.32 Å². The molecule has 0 saturated carbocycles. The van der Waals surface area contributed by atoms with E-state index in [2.05, 4.69) is 17.6 Å². The van der Waals surface area contributed by atoms with Crippen LogP contribution in [0.4, 0.5) is 0 Å². The number of hydrogen-bond donors (Lipinski definition) is 1. The first-order valence-corrected chi connectivity index (χ1v) is 3.31. The zero-order chi connectivity index (χ0) is 5.82. The second-order valence-corrected chi connectivity index (χ2v) is 2.17. The van der Waals surface area contributed by atoms with Gasteiger partial charge < -0.3 is 23.0 Å². The van der Waals surface area contributed by atoms with Crippen LogP contribution in [-0.2, 0) is 0 Å². The Kier molecular flexibility index (Phi) is 11.0. The summed E-state index contributed by atoms with van der Waals surface area (Å²) in [6.07, 6.45) is 1.19. The summed E-state index contributed by atoms with van der Waals surface area (Å²) in [6, 6.07) is 0.601. The van der Waals surface area contributed by atoms with E-state index in [1.54, 1.807) is 0 Å². The van der Waals surface area contributed by atoms with Crippen LogP contribution in [0.2, 0.25) is 0 Å². The van der Waals surface area contributed by atoms with Gasteiger partial charge in [0.1, 0.15) is 0 Å². The van der Waals surface area contributed by atoms with Gasteiger partial charge in [0.05, 0.1) is 0 Å². The fourth-order valence-corrected chi connectivity index (χ4v) is 0.933. The van der Waals surface area contributed by atoms with E-state index in [-0.39, 0.29) is 35.5 Å². The molecule has 1 N–H and O–H groups in total. The third kappa shape index (κ3) is 4.74. The van der Waals surface area contributed by atoms with E-state index in [0.717, 1.165) is 19.6 Å². The van der Waals surface area contributed by atoms with Gasteiger partial charge in [0.15, 0.2) is 0 Å². The molecule has 0 aromatic heterocycles. The van der Waals surface area contributed by atoms with Crippen molar-refractivity contribution < 1.29 is 12.4 Å². The molecular formula is C6H13ClMgN2. The Morgan fingerprint density at radius 1 is 1.60 bits per heavy atom. The van der Waals surface area contributed by atoms with Crippen LogP contribution < -0.4 is 17.7 Å². The SMILES string of the molecule is CCC1CNCC[N-]1.[Cl-].[Mg+2]. The van der Waals surface area contributed by atoms with E-state index >= 15 is 0 Å². The second kappa shape index (κ2) is 8.08. The first kappa shape index (κ1) is 13.6. The summed E-state index contributed by atoms with van der Waals surface area (Å²) in [5.74, 6) is 0. The summed E-state index contributed by atoms with van der Waals surface area (Å²) < 4.78 is 0. The van der Waals surface area contributed by atoms with Crippen LogP contribution >= 0.6 is 0 Å². The van der Waals surface area contributed by atoms with Crippen molar-refractivity contribution >= 4 is 23.1 Å². The van der Waals surface area contributed by atoms with Gasteiger partial charge in [-0.2, -0.15) is 0 Å². The Balaban J connectivity index is 0. The van der Waals surface area contributed by atoms with Crippen molar-refractivity contribution in [3.8, 4) is 0 Å². The molecule has 1 heterocycles. The predicted octanol–water partition coefficient (Wildman–Crippen LogP) is -2.63. The molecular weight excluding hydrogens is 160 g/mol. The van der Waals surface area contributed by atoms with E-state index < -0.39 is 0 Å². The number of rotatable bonds is 1. The summed E-state index contributed by atoms with van der Waals surface area (Å²) in [7, 11) is 0. The number of nitrogens with one attached hydrogen (secondary N) is 1. The van der Waals surface area contributed by atoms with Crippen LogP contribution in [0.1, 0.15) is 13.3 Å². The molecule has 1 rings (SSSR count). The van der Waals surface area contributed by atoms with Gasteiger partial charge in [-0.05, 0) is 13.1 Å². The molecule has 1 unspecified atom stereocenters. The molecule has 0 aromatic carbocycles. The molecule has 0 bridgehead atoms. The van der Waals surface area contributed by atoms with E-state index in [9.17, 15) is 0 Å². The Bertz CT molecular complexity index is 66.8. The number of hydrogen-bond acceptors (Lipinski definition) is 1. The van der Waals surface area contributed by atoms with Crippen LogP contribution in [-0.4, -0.2) is 48.7 Å². The maximum atomic E-state index is 4.39. The van der Waals surface area contributed by atoms with E-state index in [0.29, 0.717) is 6.04 Å². The van der Waals surface area contributed by atoms with Gasteiger partial charge in [0.2, 0.25) is 0 Å². The molecule has 1 aliphatic heterocycles. The van der Waals surface area contributed by atoms with Crippen molar-refractivity contribution in [3.63, 3.8) is 0 Å². The van der Waals surface area contributed by atoms with Gasteiger partial charge in [-0.15, -0.1) is 12.6 Å². The third-order valence-corrected chi connectivity index (χ3v) is 1.53. The van der Waals surface area contributed by atoms with Gasteiger partial charge in [-0.1, -0.05) is 13.3 Å². The predicted molar refractivity (Wildman–Crippen MR) is 40.9 cm³/mol. The zero-order valence-corrected chi connectivity index (χ0v) is 8.61. The minimum Gasteiger partial charge on any atom is -1.00 e. The molecule has 10 heavy (non-hydrogen) atoms. The fourth-order valence-electron chi connectivity index (χ4n) is 0.933. The van der Waals surface area contributed by atoms with Gasteiger partial charge in [-0.3, -0.25) is 0 Å². The third-order valence-electron chi connectivity index (χ3n) is 1.53. The molecule has 0 spiro atoms. The molecule has 0 aliphatic carbocycles. The zero-order valence-electron chi connectivity index (χ0n) is 6.44. The smallest absolute Gasteiger partial charge is 1.00 e. The van der Waals surface area contributed by atoms with Gasteiger partial charge >= 0.3 is 23.1 Å². The molecule has 0 amide bonds. The Morgan fingerprint density at radius 2 is 2.30 bits per heavy atom. The summed E-state index contributed by atoms with van der Waals surface area (Å²) in [4.78, 5) is 0. The molecule has 4 heteroatoms. The van der Waals surface area contributed by atoms with Crippen molar-refractivity contribution in [2.45, 2.75) is 19.4 Å². The van der Waals surface area contributed by atoms with Gasteiger partial charge in [-0.25, -0.2) is 0 Å². The monoisotopic (exact) mass is 172 g/mol. The summed E-state index contributed by atoms with van der Waals surface area (Å²) >= 11 is 0. The van der Waals surface area contributed by atoms with Crippen molar-refractivity contribution in [2.75, 3.05) is 19.6 Å². The fraction of sp³-hybridized carbons (Fsp3) is 1.00. The molecule has 1 fully saturated rings. The van der Waals surface area contributed by atoms with Gasteiger partial charge in [0.25, 0.3) is 0 Å². The minimum absolute atomic E-state index is 0. The van der Waals surface area contributed by atoms with Crippen LogP contribution in [0, 0.1) is 0 Å². The standard InChI is InChI=1S/C6H13N2.ClH.Mg/c1-2-6-5-7-3-4-8-6;;/h6-7H,2-5H2,1H3;1H;/q-1;;+2/p-1. The average molecular weight is 173 g/mol. The summed E-state index contributed by atoms with van der Waals surface area (Å²) in [6.45, 7) is 5.37. The molecule has 1 aliphatic rings. The average Bonchev–Trinajstić information content (AvgIpc) is 1.90. The number of halogens is 1. The molecule has 1 atom stereocenters. The van der Waals surface area contributed by atoms with Crippen LogP contribution in [0.15, 0.2) is 0 Å². The number of nitrogens with zero attached hydrogens (tertiary/aromatic N) is 1. The molecule has 1 saturated heterocycles. The van der Waals surface area contributed by atoms with Crippen molar-refractivity contribution in [1.29, 1.82) is 0 Å². The quantitative estimate of drug-likeness (QED) is 0.431. The molecule has 0 radical (unpaired) electrons.